The molecule has 1 heteroatoms. The van der Waals surface area contributed by atoms with Crippen LogP contribution in [0, 0.1) is 34.0 Å². The maximum absolute atomic E-state index is 2.90. The van der Waals surface area contributed by atoms with Crippen molar-refractivity contribution >= 4 is 0 Å². The Morgan fingerprint density at radius 3 is 1.86 bits per heavy atom. The third-order valence-electron chi connectivity index (χ3n) is 9.44. The minimum atomic E-state index is 0.243. The summed E-state index contributed by atoms with van der Waals surface area (Å²) >= 11 is 0. The van der Waals surface area contributed by atoms with Crippen LogP contribution in [0.25, 0.3) is 0 Å². The molecule has 0 aromatic carbocycles. The van der Waals surface area contributed by atoms with Gasteiger partial charge >= 0.3 is 0 Å². The van der Waals surface area contributed by atoms with Crippen LogP contribution in [0.4, 0.5) is 0 Å². The highest BCUT2D eigenvalue weighted by atomic mass is 15.2. The molecule has 1 heterocycles. The Kier molecular flexibility index (Phi) is 8.02. The first-order valence-corrected chi connectivity index (χ1v) is 12.9. The predicted molar refractivity (Wildman–Crippen MR) is 130 cm³/mol. The Morgan fingerprint density at radius 2 is 1.34 bits per heavy atom. The van der Waals surface area contributed by atoms with E-state index in [0.717, 1.165) is 17.8 Å². The molecule has 2 fully saturated rings. The first-order chi connectivity index (χ1) is 13.2. The zero-order chi connectivity index (χ0) is 22.1. The van der Waals surface area contributed by atoms with Crippen LogP contribution >= 0.6 is 0 Å². The largest absolute Gasteiger partial charge is 0.297 e. The van der Waals surface area contributed by atoms with Gasteiger partial charge in [-0.1, -0.05) is 81.1 Å². The molecule has 0 bridgehead atoms. The Labute approximate surface area is 184 Å². The Morgan fingerprint density at radius 1 is 0.793 bits per heavy atom. The highest BCUT2D eigenvalue weighted by Gasteiger charge is 2.48. The van der Waals surface area contributed by atoms with Crippen molar-refractivity contribution in [3.05, 3.63) is 0 Å². The van der Waals surface area contributed by atoms with E-state index >= 15 is 0 Å². The molecular formula is C28H55N. The first kappa shape index (κ1) is 25.2. The van der Waals surface area contributed by atoms with E-state index in [0.29, 0.717) is 16.2 Å². The van der Waals surface area contributed by atoms with Crippen molar-refractivity contribution in [1.82, 2.24) is 4.90 Å². The third-order valence-corrected chi connectivity index (χ3v) is 9.44. The second kappa shape index (κ2) is 9.22. The fourth-order valence-corrected chi connectivity index (χ4v) is 7.10. The predicted octanol–water partition coefficient (Wildman–Crippen LogP) is 8.57. The summed E-state index contributed by atoms with van der Waals surface area (Å²) in [6.07, 6.45) is 12.7. The molecule has 0 aromatic heterocycles. The minimum Gasteiger partial charge on any atom is -0.297 e. The van der Waals surface area contributed by atoms with Crippen LogP contribution in [0.1, 0.15) is 127 Å². The van der Waals surface area contributed by atoms with Crippen molar-refractivity contribution in [2.24, 2.45) is 34.0 Å². The first-order valence-electron chi connectivity index (χ1n) is 12.9. The van der Waals surface area contributed by atoms with Gasteiger partial charge in [-0.15, -0.1) is 0 Å². The molecule has 1 saturated carbocycles. The van der Waals surface area contributed by atoms with Crippen molar-refractivity contribution in [3.63, 3.8) is 0 Å². The zero-order valence-corrected chi connectivity index (χ0v) is 22.0. The lowest BCUT2D eigenvalue weighted by Gasteiger charge is -2.56. The smallest absolute Gasteiger partial charge is 0.0207 e. The summed E-state index contributed by atoms with van der Waals surface area (Å²) in [6, 6.07) is 0. The molecule has 0 N–H and O–H groups in total. The van der Waals surface area contributed by atoms with Gasteiger partial charge in [0.05, 0.1) is 0 Å². The number of hydrogen-bond acceptors (Lipinski definition) is 1. The van der Waals surface area contributed by atoms with Crippen molar-refractivity contribution < 1.29 is 0 Å². The number of likely N-dealkylation sites (tertiary alicyclic amines) is 1. The van der Waals surface area contributed by atoms with Crippen LogP contribution in [0.5, 0.6) is 0 Å². The van der Waals surface area contributed by atoms with Gasteiger partial charge in [0.1, 0.15) is 0 Å². The van der Waals surface area contributed by atoms with Gasteiger partial charge in [0.15, 0.2) is 0 Å². The lowest BCUT2D eigenvalue weighted by atomic mass is 9.60. The number of hydrogen-bond donors (Lipinski definition) is 0. The van der Waals surface area contributed by atoms with Crippen molar-refractivity contribution in [1.29, 1.82) is 0 Å². The van der Waals surface area contributed by atoms with E-state index in [1.807, 2.05) is 0 Å². The van der Waals surface area contributed by atoms with Crippen LogP contribution in [-0.2, 0) is 0 Å². The van der Waals surface area contributed by atoms with Gasteiger partial charge < -0.3 is 0 Å². The highest BCUT2D eigenvalue weighted by Crippen LogP contribution is 2.49. The quantitative estimate of drug-likeness (QED) is 0.452. The molecule has 1 aliphatic heterocycles. The van der Waals surface area contributed by atoms with Crippen LogP contribution in [0.2, 0.25) is 0 Å². The van der Waals surface area contributed by atoms with Crippen LogP contribution < -0.4 is 0 Å². The Bertz CT molecular complexity index is 500. The molecule has 0 radical (unpaired) electrons. The van der Waals surface area contributed by atoms with Gasteiger partial charge in [0.2, 0.25) is 0 Å². The summed E-state index contributed by atoms with van der Waals surface area (Å²) in [5.74, 6) is 2.68. The van der Waals surface area contributed by atoms with Gasteiger partial charge in [-0.3, -0.25) is 4.90 Å². The molecule has 2 aliphatic rings. The fourth-order valence-electron chi connectivity index (χ4n) is 7.10. The third kappa shape index (κ3) is 6.24. The van der Waals surface area contributed by atoms with Gasteiger partial charge in [0.25, 0.3) is 0 Å². The maximum atomic E-state index is 2.90. The Balaban J connectivity index is 2.14. The zero-order valence-electron chi connectivity index (χ0n) is 22.0. The molecule has 1 nitrogen and oxygen atoms in total. The second-order valence-corrected chi connectivity index (χ2v) is 13.9. The van der Waals surface area contributed by atoms with Gasteiger partial charge in [-0.05, 0) is 86.5 Å². The summed E-state index contributed by atoms with van der Waals surface area (Å²) in [4.78, 5) is 2.90. The topological polar surface area (TPSA) is 3.24 Å². The number of rotatable bonds is 4. The van der Waals surface area contributed by atoms with E-state index < -0.39 is 0 Å². The van der Waals surface area contributed by atoms with E-state index in [1.165, 1.54) is 70.9 Å². The normalized spacial score (nSPS) is 30.3. The van der Waals surface area contributed by atoms with Crippen molar-refractivity contribution in [3.8, 4) is 0 Å². The van der Waals surface area contributed by atoms with E-state index in [9.17, 15) is 0 Å². The molecule has 1 aliphatic carbocycles. The number of nitrogens with zero attached hydrogens (tertiary/aromatic N) is 1. The lowest BCUT2D eigenvalue weighted by Crippen LogP contribution is -2.59. The van der Waals surface area contributed by atoms with Crippen molar-refractivity contribution in [2.75, 3.05) is 13.1 Å². The lowest BCUT2D eigenvalue weighted by molar-refractivity contribution is -0.0639. The molecule has 0 unspecified atom stereocenters. The second-order valence-electron chi connectivity index (χ2n) is 13.9. The van der Waals surface area contributed by atoms with E-state index in [4.69, 9.17) is 0 Å². The Hall–Kier alpha value is -0.0400. The summed E-state index contributed by atoms with van der Waals surface area (Å²) in [5.41, 5.74) is 1.47. The molecular weight excluding hydrogens is 350 g/mol. The highest BCUT2D eigenvalue weighted by molar-refractivity contribution is 5.01. The van der Waals surface area contributed by atoms with E-state index in [-0.39, 0.29) is 5.54 Å². The van der Waals surface area contributed by atoms with E-state index in [2.05, 4.69) is 74.1 Å². The fraction of sp³-hybridized carbons (Fsp3) is 1.00. The SMILES string of the molecule is CC(C)C1CCCC(C(C)(C)C(C)(C)N2CCCC(C)(C)CC(C)(C)C2)CCC1. The van der Waals surface area contributed by atoms with Crippen LogP contribution in [0.15, 0.2) is 0 Å². The molecule has 29 heavy (non-hydrogen) atoms. The summed E-state index contributed by atoms with van der Waals surface area (Å²) in [6.45, 7) is 27.7. The van der Waals surface area contributed by atoms with Crippen LogP contribution in [-0.4, -0.2) is 23.5 Å². The van der Waals surface area contributed by atoms with Crippen LogP contribution in [0.3, 0.4) is 0 Å². The molecule has 0 atom stereocenters. The standard InChI is InChI=1S/C28H55N/c1-22(2)23-14-11-16-24(17-12-15-23)27(7,8)28(9,10)29-19-13-18-25(3,4)20-26(5,6)21-29/h22-24H,11-21H2,1-10H3. The van der Waals surface area contributed by atoms with Crippen molar-refractivity contribution in [2.45, 2.75) is 133 Å². The molecule has 2 rings (SSSR count). The minimum absolute atomic E-state index is 0.243. The van der Waals surface area contributed by atoms with Gasteiger partial charge in [-0.25, -0.2) is 0 Å². The molecule has 0 aromatic rings. The van der Waals surface area contributed by atoms with E-state index in [1.54, 1.807) is 0 Å². The molecule has 0 spiro atoms. The maximum Gasteiger partial charge on any atom is 0.0207 e. The monoisotopic (exact) mass is 405 g/mol. The molecule has 1 saturated heterocycles. The molecule has 172 valence electrons. The van der Waals surface area contributed by atoms with Gasteiger partial charge in [-0.2, -0.15) is 0 Å². The van der Waals surface area contributed by atoms with Gasteiger partial charge in [0, 0.05) is 12.1 Å². The summed E-state index contributed by atoms with van der Waals surface area (Å²) in [5, 5.41) is 0. The molecule has 0 amide bonds. The summed E-state index contributed by atoms with van der Waals surface area (Å²) < 4.78 is 0. The average Bonchev–Trinajstić information content (AvgIpc) is 2.50. The average molecular weight is 406 g/mol. The summed E-state index contributed by atoms with van der Waals surface area (Å²) in [7, 11) is 0.